The van der Waals surface area contributed by atoms with Crippen LogP contribution >= 0.6 is 0 Å². The van der Waals surface area contributed by atoms with Crippen molar-refractivity contribution in [2.24, 2.45) is 5.92 Å². The normalized spacial score (nSPS) is 20.4. The minimum atomic E-state index is -0.756. The fraction of sp³-hybridized carbons (Fsp3) is 0.281. The molecule has 4 atom stereocenters. The Morgan fingerprint density at radius 2 is 1.41 bits per heavy atom. The van der Waals surface area contributed by atoms with Gasteiger partial charge >= 0.3 is 0 Å². The highest BCUT2D eigenvalue weighted by Gasteiger charge is 2.45. The molecule has 0 saturated heterocycles. The highest BCUT2D eigenvalue weighted by molar-refractivity contribution is 5.77. The molecule has 2 aromatic heterocycles. The Bertz CT molecular complexity index is 1550. The SMILES string of the molecule is Nc1nc(OCc2ccccc2)c2ncn(C3CC(OCc4ccccc4)C(COCc4ccccc4)C3O)c2n1. The van der Waals surface area contributed by atoms with Crippen LogP contribution in [0.3, 0.4) is 0 Å². The van der Waals surface area contributed by atoms with Gasteiger partial charge in [-0.2, -0.15) is 9.97 Å². The second-order valence-electron chi connectivity index (χ2n) is 10.3. The van der Waals surface area contributed by atoms with Gasteiger partial charge in [-0.15, -0.1) is 0 Å². The van der Waals surface area contributed by atoms with Crippen molar-refractivity contribution in [1.82, 2.24) is 19.5 Å². The van der Waals surface area contributed by atoms with Crippen LogP contribution in [-0.2, 0) is 29.3 Å². The smallest absolute Gasteiger partial charge is 0.247 e. The van der Waals surface area contributed by atoms with Crippen molar-refractivity contribution in [1.29, 1.82) is 0 Å². The summed E-state index contributed by atoms with van der Waals surface area (Å²) in [7, 11) is 0. The van der Waals surface area contributed by atoms with E-state index in [-0.39, 0.29) is 24.0 Å². The zero-order chi connectivity index (χ0) is 28.0. The lowest BCUT2D eigenvalue weighted by molar-refractivity contribution is -0.0475. The van der Waals surface area contributed by atoms with E-state index in [0.29, 0.717) is 49.9 Å². The fourth-order valence-corrected chi connectivity index (χ4v) is 5.37. The van der Waals surface area contributed by atoms with E-state index in [1.807, 2.05) is 95.6 Å². The quantitative estimate of drug-likeness (QED) is 0.242. The molecule has 3 N–H and O–H groups in total. The lowest BCUT2D eigenvalue weighted by Crippen LogP contribution is -2.31. The summed E-state index contributed by atoms with van der Waals surface area (Å²) in [5.41, 5.74) is 10.2. The van der Waals surface area contributed by atoms with E-state index in [9.17, 15) is 5.11 Å². The molecule has 0 aliphatic heterocycles. The van der Waals surface area contributed by atoms with E-state index in [2.05, 4.69) is 15.0 Å². The second-order valence-corrected chi connectivity index (χ2v) is 10.3. The molecule has 1 fully saturated rings. The zero-order valence-corrected chi connectivity index (χ0v) is 22.6. The van der Waals surface area contributed by atoms with Crippen molar-refractivity contribution in [2.45, 2.75) is 44.5 Å². The zero-order valence-electron chi connectivity index (χ0n) is 22.6. The van der Waals surface area contributed by atoms with Gasteiger partial charge in [-0.1, -0.05) is 91.0 Å². The Balaban J connectivity index is 1.23. The summed E-state index contributed by atoms with van der Waals surface area (Å²) in [6.45, 7) is 1.57. The van der Waals surface area contributed by atoms with Gasteiger partial charge in [-0.25, -0.2) is 4.98 Å². The van der Waals surface area contributed by atoms with Crippen LogP contribution in [0.25, 0.3) is 11.2 Å². The molecule has 2 heterocycles. The number of nitrogen functional groups attached to an aromatic ring is 1. The maximum absolute atomic E-state index is 11.6. The van der Waals surface area contributed by atoms with Gasteiger partial charge in [-0.05, 0) is 23.1 Å². The summed E-state index contributed by atoms with van der Waals surface area (Å²) in [5.74, 6) is 0.134. The van der Waals surface area contributed by atoms with Crippen LogP contribution in [0.1, 0.15) is 29.2 Å². The predicted molar refractivity (Wildman–Crippen MR) is 155 cm³/mol. The molecule has 4 unspecified atom stereocenters. The topological polar surface area (TPSA) is 118 Å². The van der Waals surface area contributed by atoms with Crippen molar-refractivity contribution in [3.8, 4) is 5.88 Å². The standard InChI is InChI=1S/C32H33N5O4/c33-32-35-30-28(31(36-32)41-19-24-14-8-3-9-15-24)34-21-37(30)26-16-27(40-18-23-12-6-2-7-13-23)25(29(26)38)20-39-17-22-10-4-1-5-11-22/h1-15,21,25-27,29,38H,16-20H2,(H2,33,35,36). The van der Waals surface area contributed by atoms with Crippen molar-refractivity contribution in [3.05, 3.63) is 114 Å². The molecule has 5 aromatic rings. The third-order valence-corrected chi connectivity index (χ3v) is 7.50. The molecule has 9 nitrogen and oxygen atoms in total. The van der Waals surface area contributed by atoms with Crippen LogP contribution in [0, 0.1) is 5.92 Å². The summed E-state index contributed by atoms with van der Waals surface area (Å²) in [6, 6.07) is 29.5. The number of ether oxygens (including phenoxy) is 3. The van der Waals surface area contributed by atoms with E-state index < -0.39 is 6.10 Å². The maximum Gasteiger partial charge on any atom is 0.247 e. The molecule has 1 aliphatic carbocycles. The number of hydrogen-bond acceptors (Lipinski definition) is 8. The van der Waals surface area contributed by atoms with Gasteiger partial charge in [-0.3, -0.25) is 0 Å². The Morgan fingerprint density at radius 3 is 2.07 bits per heavy atom. The Hall–Kier alpha value is -4.31. The first-order valence-electron chi connectivity index (χ1n) is 13.8. The van der Waals surface area contributed by atoms with Gasteiger partial charge in [0.25, 0.3) is 0 Å². The number of imidazole rings is 1. The van der Waals surface area contributed by atoms with E-state index >= 15 is 0 Å². The molecule has 210 valence electrons. The van der Waals surface area contributed by atoms with E-state index in [1.165, 1.54) is 0 Å². The monoisotopic (exact) mass is 551 g/mol. The van der Waals surface area contributed by atoms with Crippen LogP contribution in [0.5, 0.6) is 5.88 Å². The van der Waals surface area contributed by atoms with E-state index in [1.54, 1.807) is 6.33 Å². The number of hydrogen-bond donors (Lipinski definition) is 2. The van der Waals surface area contributed by atoms with Crippen LogP contribution in [0.2, 0.25) is 0 Å². The molecule has 1 aliphatic rings. The average molecular weight is 552 g/mol. The van der Waals surface area contributed by atoms with Gasteiger partial charge in [0, 0.05) is 5.92 Å². The van der Waals surface area contributed by atoms with Crippen molar-refractivity contribution in [3.63, 3.8) is 0 Å². The highest BCUT2D eigenvalue weighted by atomic mass is 16.5. The average Bonchev–Trinajstić information content (AvgIpc) is 3.56. The summed E-state index contributed by atoms with van der Waals surface area (Å²) in [6.07, 6.45) is 1.23. The van der Waals surface area contributed by atoms with Gasteiger partial charge in [0.15, 0.2) is 11.2 Å². The van der Waals surface area contributed by atoms with Crippen LogP contribution in [0.4, 0.5) is 5.95 Å². The van der Waals surface area contributed by atoms with Gasteiger partial charge in [0.05, 0.1) is 44.4 Å². The number of nitrogens with two attached hydrogens (primary N) is 1. The molecule has 6 rings (SSSR count). The van der Waals surface area contributed by atoms with Crippen molar-refractivity contribution in [2.75, 3.05) is 12.3 Å². The molecule has 0 amide bonds. The Kier molecular flexibility index (Phi) is 8.18. The Labute approximate surface area is 238 Å². The van der Waals surface area contributed by atoms with Crippen molar-refractivity contribution < 1.29 is 19.3 Å². The molecular formula is C32H33N5O4. The van der Waals surface area contributed by atoms with Crippen LogP contribution in [-0.4, -0.2) is 43.4 Å². The summed E-state index contributed by atoms with van der Waals surface area (Å²) >= 11 is 0. The van der Waals surface area contributed by atoms with Crippen LogP contribution in [0.15, 0.2) is 97.3 Å². The molecule has 1 saturated carbocycles. The predicted octanol–water partition coefficient (Wildman–Crippen LogP) is 4.71. The van der Waals surface area contributed by atoms with E-state index in [4.69, 9.17) is 19.9 Å². The minimum Gasteiger partial charge on any atom is -0.471 e. The van der Waals surface area contributed by atoms with Crippen LogP contribution < -0.4 is 10.5 Å². The molecule has 0 bridgehead atoms. The number of aromatic nitrogens is 4. The number of nitrogens with zero attached hydrogens (tertiary/aromatic N) is 4. The second kappa shape index (κ2) is 12.5. The largest absolute Gasteiger partial charge is 0.471 e. The number of rotatable bonds is 11. The number of aliphatic hydroxyl groups is 1. The third kappa shape index (κ3) is 6.22. The third-order valence-electron chi connectivity index (χ3n) is 7.50. The first kappa shape index (κ1) is 26.9. The van der Waals surface area contributed by atoms with E-state index in [0.717, 1.165) is 16.7 Å². The summed E-state index contributed by atoms with van der Waals surface area (Å²) in [5, 5.41) is 11.6. The Morgan fingerprint density at radius 1 is 0.805 bits per heavy atom. The lowest BCUT2D eigenvalue weighted by Gasteiger charge is -2.23. The lowest BCUT2D eigenvalue weighted by atomic mass is 10.0. The van der Waals surface area contributed by atoms with Gasteiger partial charge < -0.3 is 29.6 Å². The summed E-state index contributed by atoms with van der Waals surface area (Å²) in [4.78, 5) is 13.3. The first-order valence-corrected chi connectivity index (χ1v) is 13.8. The molecule has 0 spiro atoms. The molecule has 0 radical (unpaired) electrons. The molecule has 41 heavy (non-hydrogen) atoms. The first-order chi connectivity index (χ1) is 20.2. The summed E-state index contributed by atoms with van der Waals surface area (Å²) < 4.78 is 20.3. The number of fused-ring (bicyclic) bond motifs is 1. The molecule has 9 heteroatoms. The number of benzene rings is 3. The highest BCUT2D eigenvalue weighted by Crippen LogP contribution is 2.40. The number of aliphatic hydroxyl groups excluding tert-OH is 1. The maximum atomic E-state index is 11.6. The molecule has 3 aromatic carbocycles. The fourth-order valence-electron chi connectivity index (χ4n) is 5.37. The minimum absolute atomic E-state index is 0.0782. The van der Waals surface area contributed by atoms with Gasteiger partial charge in [0.1, 0.15) is 6.61 Å². The number of anilines is 1. The van der Waals surface area contributed by atoms with Gasteiger partial charge in [0.2, 0.25) is 11.8 Å². The van der Waals surface area contributed by atoms with Crippen molar-refractivity contribution >= 4 is 17.1 Å². The molecular weight excluding hydrogens is 518 g/mol.